The highest BCUT2D eigenvalue weighted by Gasteiger charge is 2.60. The molecule has 132 valence electrons. The molecule has 1 aromatic carbocycles. The van der Waals surface area contributed by atoms with E-state index < -0.39 is 44.6 Å². The van der Waals surface area contributed by atoms with Crippen LogP contribution in [0, 0.1) is 31.6 Å². The molecule has 8 nitrogen and oxygen atoms in total. The first-order valence-corrected chi connectivity index (χ1v) is 5.93. The molecule has 0 aliphatic heterocycles. The van der Waals surface area contributed by atoms with Gasteiger partial charge in [-0.25, -0.2) is 0 Å². The topological polar surface area (TPSA) is 122 Å². The van der Waals surface area contributed by atoms with E-state index in [1.807, 2.05) is 0 Å². The number of benzene rings is 1. The van der Waals surface area contributed by atoms with Crippen molar-refractivity contribution in [2.24, 2.45) is 4.99 Å². The van der Waals surface area contributed by atoms with Crippen LogP contribution in [0.3, 0.4) is 0 Å². The molecule has 1 rings (SSSR count). The molecular formula is C12H5F5N4O4. The van der Waals surface area contributed by atoms with Crippen LogP contribution in [0.15, 0.2) is 35.0 Å². The standard InChI is InChI=1S/C12H5F5N4O4/c13-11(14,12(15,16)17)10(3-4-18)19-6-7-1-2-8(20(22)23)5-9(7)21(24)25/h1-3,5-6H/b10-3-,19-6?. The van der Waals surface area contributed by atoms with E-state index in [9.17, 15) is 42.2 Å². The number of nitriles is 1. The fourth-order valence-corrected chi connectivity index (χ4v) is 1.47. The number of non-ortho nitro benzene ring substituents is 1. The van der Waals surface area contributed by atoms with Gasteiger partial charge in [0, 0.05) is 18.4 Å². The lowest BCUT2D eigenvalue weighted by molar-refractivity contribution is -0.394. The van der Waals surface area contributed by atoms with Crippen LogP contribution < -0.4 is 0 Å². The van der Waals surface area contributed by atoms with Gasteiger partial charge in [0.15, 0.2) is 0 Å². The van der Waals surface area contributed by atoms with Crippen LogP contribution in [-0.4, -0.2) is 28.2 Å². The number of alkyl halides is 5. The summed E-state index contributed by atoms with van der Waals surface area (Å²) in [5, 5.41) is 29.7. The van der Waals surface area contributed by atoms with E-state index in [1.54, 1.807) is 0 Å². The molecule has 25 heavy (non-hydrogen) atoms. The Morgan fingerprint density at radius 1 is 1.16 bits per heavy atom. The first-order valence-electron chi connectivity index (χ1n) is 5.93. The summed E-state index contributed by atoms with van der Waals surface area (Å²) in [6, 6.07) is 2.96. The molecule has 0 N–H and O–H groups in total. The maximum Gasteiger partial charge on any atom is 0.459 e. The van der Waals surface area contributed by atoms with Gasteiger partial charge in [0.05, 0.1) is 27.5 Å². The molecule has 0 saturated heterocycles. The third kappa shape index (κ3) is 4.31. The molecule has 0 spiro atoms. The van der Waals surface area contributed by atoms with Gasteiger partial charge in [-0.1, -0.05) is 0 Å². The van der Waals surface area contributed by atoms with Crippen molar-refractivity contribution >= 4 is 17.6 Å². The molecule has 13 heteroatoms. The van der Waals surface area contributed by atoms with Crippen LogP contribution in [0.5, 0.6) is 0 Å². The van der Waals surface area contributed by atoms with Crippen LogP contribution in [0.25, 0.3) is 0 Å². The molecule has 0 atom stereocenters. The van der Waals surface area contributed by atoms with Crippen molar-refractivity contribution in [2.75, 3.05) is 0 Å². The summed E-state index contributed by atoms with van der Waals surface area (Å²) in [6.07, 6.45) is -5.93. The number of aliphatic imine (C=N–C) groups is 1. The van der Waals surface area contributed by atoms with Gasteiger partial charge in [-0.05, 0) is 6.07 Å². The molecule has 0 unspecified atom stereocenters. The zero-order chi connectivity index (χ0) is 19.4. The van der Waals surface area contributed by atoms with Gasteiger partial charge >= 0.3 is 12.1 Å². The van der Waals surface area contributed by atoms with Crippen molar-refractivity contribution in [1.82, 2.24) is 0 Å². The Morgan fingerprint density at radius 3 is 2.20 bits per heavy atom. The lowest BCUT2D eigenvalue weighted by atomic mass is 10.1. The van der Waals surface area contributed by atoms with Crippen LogP contribution in [0.4, 0.5) is 33.3 Å². The summed E-state index contributed by atoms with van der Waals surface area (Å²) in [4.78, 5) is 22.1. The minimum absolute atomic E-state index is 0.165. The summed E-state index contributed by atoms with van der Waals surface area (Å²) < 4.78 is 63.4. The molecule has 0 aliphatic carbocycles. The van der Waals surface area contributed by atoms with Crippen molar-refractivity contribution in [3.8, 4) is 6.07 Å². The Bertz CT molecular complexity index is 811. The number of nitro groups is 2. The van der Waals surface area contributed by atoms with E-state index in [0.717, 1.165) is 18.2 Å². The summed E-state index contributed by atoms with van der Waals surface area (Å²) >= 11 is 0. The summed E-state index contributed by atoms with van der Waals surface area (Å²) in [6.45, 7) is 0. The van der Waals surface area contributed by atoms with Gasteiger partial charge in [0.25, 0.3) is 11.4 Å². The number of hydrogen-bond donors (Lipinski definition) is 0. The Labute approximate surface area is 134 Å². The maximum absolute atomic E-state index is 13.2. The van der Waals surface area contributed by atoms with Crippen LogP contribution >= 0.6 is 0 Å². The fraction of sp³-hybridized carbons (Fsp3) is 0.167. The van der Waals surface area contributed by atoms with Gasteiger partial charge in [-0.3, -0.25) is 25.2 Å². The van der Waals surface area contributed by atoms with Crippen molar-refractivity contribution in [2.45, 2.75) is 12.1 Å². The van der Waals surface area contributed by atoms with E-state index in [4.69, 9.17) is 5.26 Å². The highest BCUT2D eigenvalue weighted by molar-refractivity contribution is 5.86. The average molecular weight is 364 g/mol. The fourth-order valence-electron chi connectivity index (χ4n) is 1.47. The van der Waals surface area contributed by atoms with E-state index in [-0.39, 0.29) is 12.3 Å². The van der Waals surface area contributed by atoms with Gasteiger partial charge < -0.3 is 0 Å². The molecule has 0 bridgehead atoms. The molecule has 1 aromatic rings. The lowest BCUT2D eigenvalue weighted by Gasteiger charge is -2.19. The van der Waals surface area contributed by atoms with E-state index in [2.05, 4.69) is 4.99 Å². The van der Waals surface area contributed by atoms with Crippen LogP contribution in [0.2, 0.25) is 0 Å². The number of halogens is 5. The quantitative estimate of drug-likeness (QED) is 0.260. The second-order valence-corrected chi connectivity index (χ2v) is 4.25. The normalized spacial score (nSPS) is 12.9. The Morgan fingerprint density at radius 2 is 1.76 bits per heavy atom. The third-order valence-corrected chi connectivity index (χ3v) is 2.64. The number of nitro benzene ring substituents is 2. The average Bonchev–Trinajstić information content (AvgIpc) is 2.49. The monoisotopic (exact) mass is 364 g/mol. The minimum Gasteiger partial charge on any atom is -0.258 e. The van der Waals surface area contributed by atoms with E-state index in [1.165, 1.54) is 0 Å². The van der Waals surface area contributed by atoms with E-state index >= 15 is 0 Å². The predicted octanol–water partition coefficient (Wildman–Crippen LogP) is 3.53. The SMILES string of the molecule is N#C/C=C(\N=Cc1ccc([N+](=O)[O-])cc1[N+](=O)[O-])C(F)(F)C(F)(F)F. The van der Waals surface area contributed by atoms with Crippen molar-refractivity contribution in [1.29, 1.82) is 5.26 Å². The molecule has 0 aliphatic rings. The molecular weight excluding hydrogens is 359 g/mol. The van der Waals surface area contributed by atoms with Crippen molar-refractivity contribution < 1.29 is 31.8 Å². The van der Waals surface area contributed by atoms with Gasteiger partial charge in [0.1, 0.15) is 5.70 Å². The number of nitrogens with zero attached hydrogens (tertiary/aromatic N) is 4. The van der Waals surface area contributed by atoms with Crippen molar-refractivity contribution in [3.05, 3.63) is 55.8 Å². The summed E-state index contributed by atoms with van der Waals surface area (Å²) in [5.41, 5.74) is -4.20. The molecule has 0 amide bonds. The van der Waals surface area contributed by atoms with Crippen molar-refractivity contribution in [3.63, 3.8) is 0 Å². The van der Waals surface area contributed by atoms with Crippen LogP contribution in [0.1, 0.15) is 5.56 Å². The first kappa shape index (κ1) is 19.6. The highest BCUT2D eigenvalue weighted by atomic mass is 19.4. The van der Waals surface area contributed by atoms with Gasteiger partial charge in [-0.2, -0.15) is 27.2 Å². The molecule has 0 fully saturated rings. The molecule has 0 heterocycles. The summed E-state index contributed by atoms with van der Waals surface area (Å²) in [7, 11) is 0. The number of hydrogen-bond acceptors (Lipinski definition) is 6. The zero-order valence-corrected chi connectivity index (χ0v) is 11.7. The highest BCUT2D eigenvalue weighted by Crippen LogP contribution is 2.41. The minimum atomic E-state index is -6.05. The first-order chi connectivity index (χ1) is 11.4. The van der Waals surface area contributed by atoms with Gasteiger partial charge in [-0.15, -0.1) is 0 Å². The van der Waals surface area contributed by atoms with Gasteiger partial charge in [0.2, 0.25) is 0 Å². The Balaban J connectivity index is 3.40. The third-order valence-electron chi connectivity index (χ3n) is 2.64. The molecule has 0 aromatic heterocycles. The van der Waals surface area contributed by atoms with E-state index in [0.29, 0.717) is 6.07 Å². The second kappa shape index (κ2) is 6.99. The maximum atomic E-state index is 13.2. The summed E-state index contributed by atoms with van der Waals surface area (Å²) in [5.74, 6) is -5.48. The largest absolute Gasteiger partial charge is 0.459 e. The molecule has 0 saturated carbocycles. The number of rotatable bonds is 5. The Hall–Kier alpha value is -3.43. The smallest absolute Gasteiger partial charge is 0.258 e. The zero-order valence-electron chi connectivity index (χ0n) is 11.7. The van der Waals surface area contributed by atoms with Crippen LogP contribution in [-0.2, 0) is 0 Å². The Kier molecular flexibility index (Phi) is 5.49. The lowest BCUT2D eigenvalue weighted by Crippen LogP contribution is -2.37. The predicted molar refractivity (Wildman–Crippen MR) is 72.0 cm³/mol. The second-order valence-electron chi connectivity index (χ2n) is 4.25. The molecule has 0 radical (unpaired) electrons. The number of allylic oxidation sites excluding steroid dienone is 2.